The van der Waals surface area contributed by atoms with Crippen molar-refractivity contribution in [3.8, 4) is 0 Å². The Morgan fingerprint density at radius 2 is 2.12 bits per heavy atom. The molecule has 86 valence electrons. The molecule has 0 aliphatic heterocycles. The topological polar surface area (TPSA) is 66.7 Å². The predicted molar refractivity (Wildman–Crippen MR) is 59.8 cm³/mol. The number of aromatic nitrogens is 3. The highest BCUT2D eigenvalue weighted by Gasteiger charge is 2.06. The van der Waals surface area contributed by atoms with Gasteiger partial charge in [0.25, 0.3) is 0 Å². The van der Waals surface area contributed by atoms with Gasteiger partial charge in [-0.1, -0.05) is 5.16 Å². The van der Waals surface area contributed by atoms with Crippen molar-refractivity contribution in [1.29, 1.82) is 0 Å². The van der Waals surface area contributed by atoms with Gasteiger partial charge in [0.05, 0.1) is 17.9 Å². The normalized spacial score (nSPS) is 10.9. The highest BCUT2D eigenvalue weighted by molar-refractivity contribution is 5.22. The third-order valence-electron chi connectivity index (χ3n) is 2.56. The lowest BCUT2D eigenvalue weighted by molar-refractivity contribution is 0.369. The van der Waals surface area contributed by atoms with E-state index in [1.807, 2.05) is 26.8 Å². The van der Waals surface area contributed by atoms with Gasteiger partial charge in [-0.2, -0.15) is 5.10 Å². The van der Waals surface area contributed by atoms with Crippen molar-refractivity contribution in [2.75, 3.05) is 0 Å². The molecule has 0 radical (unpaired) electrons. The molecule has 0 atom stereocenters. The summed E-state index contributed by atoms with van der Waals surface area (Å²) in [6.45, 7) is 7.41. The van der Waals surface area contributed by atoms with Crippen LogP contribution in [-0.4, -0.2) is 15.4 Å². The van der Waals surface area contributed by atoms with Gasteiger partial charge in [0.15, 0.2) is 5.76 Å². The second-order valence-electron chi connectivity index (χ2n) is 3.95. The summed E-state index contributed by atoms with van der Waals surface area (Å²) < 4.78 is 5.11. The molecule has 16 heavy (non-hydrogen) atoms. The maximum atomic E-state index is 5.11. The fraction of sp³-hybridized carbons (Fsp3) is 0.455. The van der Waals surface area contributed by atoms with Gasteiger partial charge in [-0.05, 0) is 20.8 Å². The lowest BCUT2D eigenvalue weighted by atomic mass is 10.2. The van der Waals surface area contributed by atoms with Crippen molar-refractivity contribution in [1.82, 2.24) is 20.7 Å². The largest absolute Gasteiger partial charge is 0.360 e. The molecular formula is C11H16N4O. The molecule has 5 nitrogen and oxygen atoms in total. The molecule has 0 spiro atoms. The first-order valence-electron chi connectivity index (χ1n) is 5.30. The average molecular weight is 220 g/mol. The molecule has 0 saturated carbocycles. The molecule has 0 aromatic carbocycles. The summed E-state index contributed by atoms with van der Waals surface area (Å²) in [4.78, 5) is 0. The van der Waals surface area contributed by atoms with E-state index in [4.69, 9.17) is 4.52 Å². The molecule has 2 aromatic heterocycles. The molecule has 2 heterocycles. The molecule has 0 bridgehead atoms. The van der Waals surface area contributed by atoms with Crippen LogP contribution in [0.4, 0.5) is 0 Å². The van der Waals surface area contributed by atoms with Gasteiger partial charge in [0.1, 0.15) is 0 Å². The second kappa shape index (κ2) is 4.49. The summed E-state index contributed by atoms with van der Waals surface area (Å²) in [6, 6.07) is 1.93. The fourth-order valence-electron chi connectivity index (χ4n) is 1.64. The van der Waals surface area contributed by atoms with Crippen LogP contribution in [0.3, 0.4) is 0 Å². The van der Waals surface area contributed by atoms with Crippen LogP contribution in [-0.2, 0) is 13.1 Å². The maximum absolute atomic E-state index is 5.11. The van der Waals surface area contributed by atoms with Gasteiger partial charge in [0.2, 0.25) is 0 Å². The summed E-state index contributed by atoms with van der Waals surface area (Å²) in [5.74, 6) is 0.858. The number of hydrogen-bond donors (Lipinski definition) is 2. The van der Waals surface area contributed by atoms with E-state index < -0.39 is 0 Å². The lowest BCUT2D eigenvalue weighted by Gasteiger charge is -2.02. The first-order valence-corrected chi connectivity index (χ1v) is 5.30. The number of H-pyrrole nitrogens is 1. The molecule has 0 amide bonds. The fourth-order valence-corrected chi connectivity index (χ4v) is 1.64. The average Bonchev–Trinajstić information content (AvgIpc) is 2.78. The lowest BCUT2D eigenvalue weighted by Crippen LogP contribution is -2.13. The quantitative estimate of drug-likeness (QED) is 0.821. The molecule has 2 N–H and O–H groups in total. The summed E-state index contributed by atoms with van der Waals surface area (Å²) in [5.41, 5.74) is 4.28. The van der Waals surface area contributed by atoms with Gasteiger partial charge in [-0.25, -0.2) is 0 Å². The molecule has 0 aliphatic rings. The monoisotopic (exact) mass is 220 g/mol. The highest BCUT2D eigenvalue weighted by atomic mass is 16.5. The van der Waals surface area contributed by atoms with E-state index in [0.717, 1.165) is 29.4 Å². The smallest absolute Gasteiger partial charge is 0.150 e. The van der Waals surface area contributed by atoms with Crippen LogP contribution in [0.25, 0.3) is 0 Å². The Hall–Kier alpha value is -1.62. The zero-order valence-corrected chi connectivity index (χ0v) is 9.79. The molecular weight excluding hydrogens is 204 g/mol. The van der Waals surface area contributed by atoms with E-state index >= 15 is 0 Å². The summed E-state index contributed by atoms with van der Waals surface area (Å²) in [5, 5.41) is 14.2. The standard InChI is InChI=1S/C11H16N4O/c1-7-4-10(16-15-7)5-12-6-11-8(2)13-14-9(11)3/h4,12H,5-6H2,1-3H3,(H,13,14). The van der Waals surface area contributed by atoms with Crippen molar-refractivity contribution in [2.24, 2.45) is 0 Å². The molecule has 2 aromatic rings. The van der Waals surface area contributed by atoms with Crippen LogP contribution in [0.2, 0.25) is 0 Å². The predicted octanol–water partition coefficient (Wildman–Crippen LogP) is 1.61. The maximum Gasteiger partial charge on any atom is 0.150 e. The van der Waals surface area contributed by atoms with E-state index in [0.29, 0.717) is 6.54 Å². The van der Waals surface area contributed by atoms with Crippen LogP contribution < -0.4 is 5.32 Å². The number of nitrogens with zero attached hydrogens (tertiary/aromatic N) is 2. The number of aromatic amines is 1. The Bertz CT molecular complexity index is 453. The van der Waals surface area contributed by atoms with Crippen molar-refractivity contribution in [3.05, 3.63) is 34.5 Å². The summed E-state index contributed by atoms with van der Waals surface area (Å²) in [6.07, 6.45) is 0. The zero-order valence-electron chi connectivity index (χ0n) is 9.79. The van der Waals surface area contributed by atoms with Gasteiger partial charge >= 0.3 is 0 Å². The van der Waals surface area contributed by atoms with E-state index in [2.05, 4.69) is 20.7 Å². The van der Waals surface area contributed by atoms with Gasteiger partial charge in [0, 0.05) is 23.9 Å². The minimum absolute atomic E-state index is 0.685. The van der Waals surface area contributed by atoms with Crippen LogP contribution in [0.5, 0.6) is 0 Å². The summed E-state index contributed by atoms with van der Waals surface area (Å²) >= 11 is 0. The summed E-state index contributed by atoms with van der Waals surface area (Å²) in [7, 11) is 0. The third kappa shape index (κ3) is 2.30. The Balaban J connectivity index is 1.89. The first-order chi connectivity index (χ1) is 7.66. The SMILES string of the molecule is Cc1cc(CNCc2c(C)n[nH]c2C)on1. The van der Waals surface area contributed by atoms with E-state index in [9.17, 15) is 0 Å². The molecule has 0 saturated heterocycles. The number of nitrogens with one attached hydrogen (secondary N) is 2. The number of aryl methyl sites for hydroxylation is 3. The van der Waals surface area contributed by atoms with Crippen molar-refractivity contribution in [2.45, 2.75) is 33.9 Å². The van der Waals surface area contributed by atoms with Crippen molar-refractivity contribution in [3.63, 3.8) is 0 Å². The second-order valence-corrected chi connectivity index (χ2v) is 3.95. The Kier molecular flexibility index (Phi) is 3.05. The molecule has 0 unspecified atom stereocenters. The minimum atomic E-state index is 0.685. The number of rotatable bonds is 4. The van der Waals surface area contributed by atoms with Crippen LogP contribution in [0, 0.1) is 20.8 Å². The van der Waals surface area contributed by atoms with Gasteiger partial charge in [-0.3, -0.25) is 5.10 Å². The molecule has 0 fully saturated rings. The van der Waals surface area contributed by atoms with Crippen molar-refractivity contribution >= 4 is 0 Å². The van der Waals surface area contributed by atoms with E-state index in [1.54, 1.807) is 0 Å². The molecule has 5 heteroatoms. The van der Waals surface area contributed by atoms with Gasteiger partial charge < -0.3 is 9.84 Å². The van der Waals surface area contributed by atoms with E-state index in [-0.39, 0.29) is 0 Å². The molecule has 2 rings (SSSR count). The zero-order chi connectivity index (χ0) is 11.5. The van der Waals surface area contributed by atoms with Crippen LogP contribution in [0.1, 0.15) is 28.4 Å². The Labute approximate surface area is 94.2 Å². The van der Waals surface area contributed by atoms with E-state index in [1.165, 1.54) is 5.56 Å². The van der Waals surface area contributed by atoms with Crippen LogP contribution in [0.15, 0.2) is 10.6 Å². The van der Waals surface area contributed by atoms with Gasteiger partial charge in [-0.15, -0.1) is 0 Å². The van der Waals surface area contributed by atoms with Crippen molar-refractivity contribution < 1.29 is 4.52 Å². The molecule has 0 aliphatic carbocycles. The minimum Gasteiger partial charge on any atom is -0.360 e. The highest BCUT2D eigenvalue weighted by Crippen LogP contribution is 2.09. The number of hydrogen-bond acceptors (Lipinski definition) is 4. The Morgan fingerprint density at radius 1 is 1.31 bits per heavy atom. The Morgan fingerprint density at radius 3 is 2.69 bits per heavy atom. The van der Waals surface area contributed by atoms with Crippen LogP contribution >= 0.6 is 0 Å². The third-order valence-corrected chi connectivity index (χ3v) is 2.56. The first kappa shape index (κ1) is 10.9.